The molecule has 5 rings (SSSR count). The molecule has 0 amide bonds. The molecule has 0 aliphatic rings. The van der Waals surface area contributed by atoms with Crippen LogP contribution in [0.1, 0.15) is 0 Å². The number of aromatic nitrogens is 4. The molecule has 2 aromatic carbocycles. The number of hydrogen-bond donors (Lipinski definition) is 2. The van der Waals surface area contributed by atoms with Crippen LogP contribution in [0.2, 0.25) is 0 Å². The summed E-state index contributed by atoms with van der Waals surface area (Å²) in [4.78, 5) is 15.8. The lowest BCUT2D eigenvalue weighted by Crippen LogP contribution is -1.84. The van der Waals surface area contributed by atoms with Crippen molar-refractivity contribution < 1.29 is 0 Å². The van der Waals surface area contributed by atoms with Gasteiger partial charge in [-0.3, -0.25) is 4.98 Å². The summed E-state index contributed by atoms with van der Waals surface area (Å²) in [5.41, 5.74) is 6.24. The van der Waals surface area contributed by atoms with Crippen molar-refractivity contribution in [3.63, 3.8) is 0 Å². The molecule has 0 unspecified atom stereocenters. The van der Waals surface area contributed by atoms with Gasteiger partial charge in [0.25, 0.3) is 0 Å². The highest BCUT2D eigenvalue weighted by atomic mass is 14.9. The first-order chi connectivity index (χ1) is 12.9. The molecule has 0 radical (unpaired) electrons. The molecule has 0 saturated carbocycles. The van der Waals surface area contributed by atoms with Gasteiger partial charge in [-0.05, 0) is 29.7 Å². The van der Waals surface area contributed by atoms with Crippen LogP contribution in [0.4, 0.5) is 0 Å². The van der Waals surface area contributed by atoms with Gasteiger partial charge in [0.1, 0.15) is 5.82 Å². The van der Waals surface area contributed by atoms with Gasteiger partial charge in [0.05, 0.1) is 11.4 Å². The van der Waals surface area contributed by atoms with Crippen molar-refractivity contribution >= 4 is 10.9 Å². The lowest BCUT2D eigenvalue weighted by atomic mass is 10.0. The standard InChI is InChI=1S/C22H16N4/c1-2-4-17(5-3-1)22-25-20(16-8-11-23-12-9-16)21(26-22)18-7-6-15-10-13-24-19(15)14-18/h1-14,24H,(H,25,26). The average Bonchev–Trinajstić information content (AvgIpc) is 3.36. The fraction of sp³-hybridized carbons (Fsp3) is 0. The van der Waals surface area contributed by atoms with E-state index in [0.29, 0.717) is 0 Å². The SMILES string of the molecule is c1ccc(-c2nc(-c3ccc4cc[nH]c4c3)c(-c3ccncc3)[nH]2)cc1. The predicted molar refractivity (Wildman–Crippen MR) is 105 cm³/mol. The number of benzene rings is 2. The molecule has 0 atom stereocenters. The van der Waals surface area contributed by atoms with E-state index in [1.165, 1.54) is 5.39 Å². The zero-order chi connectivity index (χ0) is 17.3. The first kappa shape index (κ1) is 14.7. The molecule has 3 aromatic heterocycles. The van der Waals surface area contributed by atoms with Gasteiger partial charge in [-0.1, -0.05) is 42.5 Å². The minimum absolute atomic E-state index is 0.860. The van der Waals surface area contributed by atoms with Crippen LogP contribution >= 0.6 is 0 Å². The van der Waals surface area contributed by atoms with Crippen LogP contribution in [0.15, 0.2) is 85.3 Å². The second kappa shape index (κ2) is 6.01. The van der Waals surface area contributed by atoms with Crippen LogP contribution in [0.3, 0.4) is 0 Å². The van der Waals surface area contributed by atoms with E-state index in [1.807, 2.05) is 36.5 Å². The van der Waals surface area contributed by atoms with E-state index >= 15 is 0 Å². The highest BCUT2D eigenvalue weighted by molar-refractivity contribution is 5.88. The Kier molecular flexibility index (Phi) is 3.39. The lowest BCUT2D eigenvalue weighted by molar-refractivity contribution is 1.30. The molecule has 0 aliphatic heterocycles. The van der Waals surface area contributed by atoms with E-state index in [1.54, 1.807) is 12.4 Å². The van der Waals surface area contributed by atoms with Crippen molar-refractivity contribution in [1.82, 2.24) is 19.9 Å². The molecule has 26 heavy (non-hydrogen) atoms. The Hall–Kier alpha value is -3.66. The number of fused-ring (bicyclic) bond motifs is 1. The van der Waals surface area contributed by atoms with Crippen molar-refractivity contribution in [2.75, 3.05) is 0 Å². The molecular formula is C22H16N4. The predicted octanol–water partition coefficient (Wildman–Crippen LogP) is 5.29. The van der Waals surface area contributed by atoms with Crippen LogP contribution in [0.5, 0.6) is 0 Å². The molecule has 124 valence electrons. The summed E-state index contributed by atoms with van der Waals surface area (Å²) in [5.74, 6) is 0.860. The van der Waals surface area contributed by atoms with Gasteiger partial charge in [-0.15, -0.1) is 0 Å². The van der Waals surface area contributed by atoms with Gasteiger partial charge in [0.2, 0.25) is 0 Å². The van der Waals surface area contributed by atoms with E-state index in [0.717, 1.165) is 39.4 Å². The van der Waals surface area contributed by atoms with Crippen LogP contribution in [0.25, 0.3) is 44.8 Å². The number of nitrogens with zero attached hydrogens (tertiary/aromatic N) is 2. The summed E-state index contributed by atoms with van der Waals surface area (Å²) in [6.45, 7) is 0. The maximum Gasteiger partial charge on any atom is 0.138 e. The molecule has 0 saturated heterocycles. The Bertz CT molecular complexity index is 1170. The average molecular weight is 336 g/mol. The fourth-order valence-electron chi connectivity index (χ4n) is 3.24. The summed E-state index contributed by atoms with van der Waals surface area (Å²) in [7, 11) is 0. The molecule has 0 spiro atoms. The summed E-state index contributed by atoms with van der Waals surface area (Å²) in [5, 5.41) is 1.19. The molecule has 4 nitrogen and oxygen atoms in total. The molecule has 0 aliphatic carbocycles. The quantitative estimate of drug-likeness (QED) is 0.470. The molecule has 0 bridgehead atoms. The van der Waals surface area contributed by atoms with Gasteiger partial charge in [0, 0.05) is 40.8 Å². The summed E-state index contributed by atoms with van der Waals surface area (Å²) in [6, 6.07) is 22.6. The van der Waals surface area contributed by atoms with Crippen molar-refractivity contribution in [2.45, 2.75) is 0 Å². The smallest absolute Gasteiger partial charge is 0.138 e. The third-order valence-electron chi connectivity index (χ3n) is 4.55. The zero-order valence-corrected chi connectivity index (χ0v) is 14.0. The van der Waals surface area contributed by atoms with E-state index in [4.69, 9.17) is 4.98 Å². The third kappa shape index (κ3) is 2.48. The summed E-state index contributed by atoms with van der Waals surface area (Å²) >= 11 is 0. The van der Waals surface area contributed by atoms with Gasteiger partial charge in [0.15, 0.2) is 0 Å². The second-order valence-electron chi connectivity index (χ2n) is 6.19. The minimum atomic E-state index is 0.860. The van der Waals surface area contributed by atoms with Crippen LogP contribution < -0.4 is 0 Å². The number of aromatic amines is 2. The molecule has 0 fully saturated rings. The van der Waals surface area contributed by atoms with E-state index < -0.39 is 0 Å². The maximum absolute atomic E-state index is 4.93. The third-order valence-corrected chi connectivity index (χ3v) is 4.55. The number of H-pyrrole nitrogens is 2. The van der Waals surface area contributed by atoms with Crippen LogP contribution in [-0.4, -0.2) is 19.9 Å². The van der Waals surface area contributed by atoms with Gasteiger partial charge in [-0.2, -0.15) is 0 Å². The monoisotopic (exact) mass is 336 g/mol. The number of pyridine rings is 1. The van der Waals surface area contributed by atoms with E-state index in [-0.39, 0.29) is 0 Å². The van der Waals surface area contributed by atoms with Crippen molar-refractivity contribution in [3.8, 4) is 33.9 Å². The number of nitrogens with one attached hydrogen (secondary N) is 2. The second-order valence-corrected chi connectivity index (χ2v) is 6.19. The zero-order valence-electron chi connectivity index (χ0n) is 14.0. The minimum Gasteiger partial charge on any atom is -0.361 e. The lowest BCUT2D eigenvalue weighted by Gasteiger charge is -2.03. The Labute approximate surface area is 150 Å². The van der Waals surface area contributed by atoms with Gasteiger partial charge in [-0.25, -0.2) is 4.98 Å². The molecule has 3 heterocycles. The number of hydrogen-bond acceptors (Lipinski definition) is 2. The van der Waals surface area contributed by atoms with E-state index in [2.05, 4.69) is 51.4 Å². The first-order valence-corrected chi connectivity index (χ1v) is 8.52. The Morgan fingerprint density at radius 2 is 1.58 bits per heavy atom. The van der Waals surface area contributed by atoms with Gasteiger partial charge < -0.3 is 9.97 Å². The maximum atomic E-state index is 4.93. The topological polar surface area (TPSA) is 57.4 Å². The largest absolute Gasteiger partial charge is 0.361 e. The molecule has 5 aromatic rings. The molecular weight excluding hydrogens is 320 g/mol. The van der Waals surface area contributed by atoms with Crippen molar-refractivity contribution in [3.05, 3.63) is 85.3 Å². The normalized spacial score (nSPS) is 11.1. The molecule has 4 heteroatoms. The Balaban J connectivity index is 1.73. The van der Waals surface area contributed by atoms with Crippen molar-refractivity contribution in [2.24, 2.45) is 0 Å². The summed E-state index contributed by atoms with van der Waals surface area (Å²) in [6.07, 6.45) is 5.56. The van der Waals surface area contributed by atoms with Crippen LogP contribution in [-0.2, 0) is 0 Å². The highest BCUT2D eigenvalue weighted by Gasteiger charge is 2.15. The van der Waals surface area contributed by atoms with Crippen LogP contribution in [0, 0.1) is 0 Å². The Morgan fingerprint density at radius 3 is 2.42 bits per heavy atom. The highest BCUT2D eigenvalue weighted by Crippen LogP contribution is 2.33. The Morgan fingerprint density at radius 1 is 0.731 bits per heavy atom. The van der Waals surface area contributed by atoms with E-state index in [9.17, 15) is 0 Å². The van der Waals surface area contributed by atoms with Gasteiger partial charge >= 0.3 is 0 Å². The van der Waals surface area contributed by atoms with Crippen molar-refractivity contribution in [1.29, 1.82) is 0 Å². The molecule has 2 N–H and O–H groups in total. The number of imidazole rings is 1. The first-order valence-electron chi connectivity index (χ1n) is 8.52. The fourth-order valence-corrected chi connectivity index (χ4v) is 3.24. The number of rotatable bonds is 3. The summed E-state index contributed by atoms with van der Waals surface area (Å²) < 4.78 is 0.